The van der Waals surface area contributed by atoms with Gasteiger partial charge in [-0.3, -0.25) is 10.2 Å². The van der Waals surface area contributed by atoms with Crippen molar-refractivity contribution in [3.8, 4) is 6.07 Å². The Bertz CT molecular complexity index is 336. The predicted octanol–water partition coefficient (Wildman–Crippen LogP) is 1.44. The summed E-state index contributed by atoms with van der Waals surface area (Å²) in [6.07, 6.45) is 5.55. The number of nitrogens with zero attached hydrogens (tertiary/aromatic N) is 3. The zero-order valence-electron chi connectivity index (χ0n) is 12.7. The van der Waals surface area contributed by atoms with E-state index < -0.39 is 0 Å². The van der Waals surface area contributed by atoms with Crippen LogP contribution in [0.5, 0.6) is 0 Å². The van der Waals surface area contributed by atoms with Gasteiger partial charge in [-0.2, -0.15) is 5.26 Å². The molecule has 1 saturated carbocycles. The monoisotopic (exact) mass is 264 g/mol. The summed E-state index contributed by atoms with van der Waals surface area (Å²) in [6.45, 7) is 5.49. The van der Waals surface area contributed by atoms with Crippen molar-refractivity contribution in [3.05, 3.63) is 0 Å². The predicted molar refractivity (Wildman–Crippen MR) is 77.9 cm³/mol. The Morgan fingerprint density at radius 2 is 2.21 bits per heavy atom. The molecule has 1 aliphatic heterocycles. The summed E-state index contributed by atoms with van der Waals surface area (Å²) >= 11 is 0. The van der Waals surface area contributed by atoms with Crippen molar-refractivity contribution in [2.75, 3.05) is 33.7 Å². The summed E-state index contributed by atoms with van der Waals surface area (Å²) in [7, 11) is 4.34. The van der Waals surface area contributed by atoms with E-state index in [0.717, 1.165) is 25.8 Å². The molecule has 1 heterocycles. The van der Waals surface area contributed by atoms with Crippen LogP contribution in [0.25, 0.3) is 0 Å². The second-order valence-electron chi connectivity index (χ2n) is 6.42. The molecule has 2 fully saturated rings. The number of nitriles is 1. The van der Waals surface area contributed by atoms with Gasteiger partial charge < -0.3 is 4.90 Å². The lowest BCUT2D eigenvalue weighted by Crippen LogP contribution is -2.44. The highest BCUT2D eigenvalue weighted by molar-refractivity contribution is 5.13. The third kappa shape index (κ3) is 3.28. The minimum Gasteiger partial charge on any atom is -0.305 e. The molecule has 0 bridgehead atoms. The normalized spacial score (nSPS) is 35.9. The zero-order chi connectivity index (χ0) is 13.9. The zero-order valence-corrected chi connectivity index (χ0v) is 12.7. The molecule has 0 aromatic rings. The molecule has 0 spiro atoms. The Hall–Kier alpha value is -0.630. The molecule has 108 valence electrons. The molecular weight excluding hydrogens is 236 g/mol. The van der Waals surface area contributed by atoms with Crippen LogP contribution in [-0.2, 0) is 0 Å². The van der Waals surface area contributed by atoms with Gasteiger partial charge in [0, 0.05) is 25.2 Å². The van der Waals surface area contributed by atoms with Crippen molar-refractivity contribution in [1.82, 2.24) is 15.1 Å². The van der Waals surface area contributed by atoms with Gasteiger partial charge in [0.1, 0.15) is 5.54 Å². The van der Waals surface area contributed by atoms with Crippen LogP contribution in [0.2, 0.25) is 0 Å². The van der Waals surface area contributed by atoms with Gasteiger partial charge in [0.25, 0.3) is 0 Å². The molecule has 4 heteroatoms. The fraction of sp³-hybridized carbons (Fsp3) is 0.933. The summed E-state index contributed by atoms with van der Waals surface area (Å²) in [5, 5.41) is 13.0. The third-order valence-corrected chi connectivity index (χ3v) is 4.86. The number of likely N-dealkylation sites (tertiary alicyclic amines) is 1. The average Bonchev–Trinajstić information content (AvgIpc) is 3.04. The highest BCUT2D eigenvalue weighted by atomic mass is 15.3. The molecule has 2 rings (SSSR count). The van der Waals surface area contributed by atoms with Gasteiger partial charge in [-0.05, 0) is 52.7 Å². The van der Waals surface area contributed by atoms with Gasteiger partial charge in [0.2, 0.25) is 0 Å². The molecule has 0 aromatic carbocycles. The van der Waals surface area contributed by atoms with Gasteiger partial charge in [-0.15, -0.1) is 0 Å². The Kier molecular flexibility index (Phi) is 4.83. The molecule has 1 N–H and O–H groups in total. The molecule has 1 aliphatic carbocycles. The number of hydrogen-bond acceptors (Lipinski definition) is 4. The lowest BCUT2D eigenvalue weighted by molar-refractivity contribution is 0.211. The number of rotatable bonds is 5. The van der Waals surface area contributed by atoms with Gasteiger partial charge in [0.05, 0.1) is 6.07 Å². The second-order valence-corrected chi connectivity index (χ2v) is 6.42. The molecule has 19 heavy (non-hydrogen) atoms. The fourth-order valence-electron chi connectivity index (χ4n) is 3.52. The van der Waals surface area contributed by atoms with E-state index in [-0.39, 0.29) is 5.54 Å². The summed E-state index contributed by atoms with van der Waals surface area (Å²) in [6, 6.07) is 3.85. The van der Waals surface area contributed by atoms with E-state index in [0.29, 0.717) is 12.1 Å². The fourth-order valence-corrected chi connectivity index (χ4v) is 3.52. The summed E-state index contributed by atoms with van der Waals surface area (Å²) < 4.78 is 0. The standard InChI is InChI=1S/C15H28N4/c1-4-8-17-15(12-16)7-5-13(10-15)19-9-6-14(11-19)18(2)3/h13-14,17H,4-11H2,1-3H3. The van der Waals surface area contributed by atoms with Crippen LogP contribution in [-0.4, -0.2) is 61.2 Å². The maximum absolute atomic E-state index is 9.50. The molecular formula is C15H28N4. The molecule has 3 atom stereocenters. The summed E-state index contributed by atoms with van der Waals surface area (Å²) in [5.74, 6) is 0. The second kappa shape index (κ2) is 6.21. The Labute approximate surface area is 117 Å². The first kappa shape index (κ1) is 14.8. The number of likely N-dealkylation sites (N-methyl/N-ethyl adjacent to an activating group) is 1. The quantitative estimate of drug-likeness (QED) is 0.816. The van der Waals surface area contributed by atoms with Crippen LogP contribution >= 0.6 is 0 Å². The van der Waals surface area contributed by atoms with E-state index >= 15 is 0 Å². The van der Waals surface area contributed by atoms with Gasteiger partial charge in [-0.25, -0.2) is 0 Å². The highest BCUT2D eigenvalue weighted by Gasteiger charge is 2.42. The molecule has 2 aliphatic rings. The largest absolute Gasteiger partial charge is 0.305 e. The number of hydrogen-bond donors (Lipinski definition) is 1. The summed E-state index contributed by atoms with van der Waals surface area (Å²) in [4.78, 5) is 4.94. The van der Waals surface area contributed by atoms with Gasteiger partial charge in [0.15, 0.2) is 0 Å². The van der Waals surface area contributed by atoms with Gasteiger partial charge in [-0.1, -0.05) is 6.92 Å². The van der Waals surface area contributed by atoms with Crippen molar-refractivity contribution in [2.45, 2.75) is 56.7 Å². The van der Waals surface area contributed by atoms with Gasteiger partial charge >= 0.3 is 0 Å². The van der Waals surface area contributed by atoms with Crippen molar-refractivity contribution in [2.24, 2.45) is 0 Å². The lowest BCUT2D eigenvalue weighted by atomic mass is 9.99. The van der Waals surface area contributed by atoms with E-state index in [1.165, 1.54) is 25.9 Å². The SMILES string of the molecule is CCCNC1(C#N)CCC(N2CCC(N(C)C)C2)C1. The van der Waals surface area contributed by atoms with Crippen molar-refractivity contribution < 1.29 is 0 Å². The Morgan fingerprint density at radius 1 is 1.42 bits per heavy atom. The highest BCUT2D eigenvalue weighted by Crippen LogP contribution is 2.34. The molecule has 4 nitrogen and oxygen atoms in total. The first-order valence-electron chi connectivity index (χ1n) is 7.67. The summed E-state index contributed by atoms with van der Waals surface area (Å²) in [5.41, 5.74) is -0.253. The Balaban J connectivity index is 1.90. The number of nitrogens with one attached hydrogen (secondary N) is 1. The molecule has 0 amide bonds. The van der Waals surface area contributed by atoms with Crippen LogP contribution in [0.3, 0.4) is 0 Å². The average molecular weight is 264 g/mol. The lowest BCUT2D eigenvalue weighted by Gasteiger charge is -2.27. The van der Waals surface area contributed by atoms with Crippen molar-refractivity contribution >= 4 is 0 Å². The molecule has 3 unspecified atom stereocenters. The van der Waals surface area contributed by atoms with Crippen LogP contribution in [0.1, 0.15) is 39.0 Å². The minimum atomic E-state index is -0.253. The van der Waals surface area contributed by atoms with E-state index in [4.69, 9.17) is 0 Å². The van der Waals surface area contributed by atoms with E-state index in [1.54, 1.807) is 0 Å². The molecule has 0 aromatic heterocycles. The van der Waals surface area contributed by atoms with Crippen LogP contribution < -0.4 is 5.32 Å². The Morgan fingerprint density at radius 3 is 2.79 bits per heavy atom. The minimum absolute atomic E-state index is 0.253. The molecule has 1 saturated heterocycles. The van der Waals surface area contributed by atoms with E-state index in [9.17, 15) is 5.26 Å². The maximum Gasteiger partial charge on any atom is 0.108 e. The van der Waals surface area contributed by atoms with Crippen LogP contribution in [0.4, 0.5) is 0 Å². The van der Waals surface area contributed by atoms with E-state index in [2.05, 4.69) is 42.2 Å². The van der Waals surface area contributed by atoms with E-state index in [1.807, 2.05) is 0 Å². The van der Waals surface area contributed by atoms with Crippen LogP contribution in [0, 0.1) is 11.3 Å². The smallest absolute Gasteiger partial charge is 0.108 e. The maximum atomic E-state index is 9.50. The topological polar surface area (TPSA) is 42.3 Å². The third-order valence-electron chi connectivity index (χ3n) is 4.86. The first-order valence-corrected chi connectivity index (χ1v) is 7.67. The van der Waals surface area contributed by atoms with Crippen molar-refractivity contribution in [1.29, 1.82) is 5.26 Å². The van der Waals surface area contributed by atoms with Crippen LogP contribution in [0.15, 0.2) is 0 Å². The molecule has 0 radical (unpaired) electrons. The van der Waals surface area contributed by atoms with Crippen molar-refractivity contribution in [3.63, 3.8) is 0 Å². The first-order chi connectivity index (χ1) is 9.10.